The molecule has 0 radical (unpaired) electrons. The lowest BCUT2D eigenvalue weighted by Crippen LogP contribution is -2.41. The van der Waals surface area contributed by atoms with Crippen molar-refractivity contribution in [2.75, 3.05) is 13.1 Å². The number of benzene rings is 1. The van der Waals surface area contributed by atoms with Gasteiger partial charge in [-0.15, -0.1) is 11.3 Å². The fourth-order valence-corrected chi connectivity index (χ4v) is 4.89. The Morgan fingerprint density at radius 3 is 2.92 bits per heavy atom. The van der Waals surface area contributed by atoms with Crippen molar-refractivity contribution in [3.63, 3.8) is 0 Å². The Kier molecular flexibility index (Phi) is 4.74. The first-order valence-electron chi connectivity index (χ1n) is 9.00. The molecule has 5 heteroatoms. The molecule has 1 saturated heterocycles. The van der Waals surface area contributed by atoms with E-state index in [1.807, 2.05) is 19.1 Å². The zero-order valence-corrected chi connectivity index (χ0v) is 15.6. The van der Waals surface area contributed by atoms with E-state index in [1.54, 1.807) is 11.3 Å². The van der Waals surface area contributed by atoms with Crippen molar-refractivity contribution in [3.05, 3.63) is 64.8 Å². The van der Waals surface area contributed by atoms with Gasteiger partial charge in [0.15, 0.2) is 0 Å². The molecule has 1 aliphatic rings. The van der Waals surface area contributed by atoms with Crippen molar-refractivity contribution in [1.82, 2.24) is 9.88 Å². The fourth-order valence-electron chi connectivity index (χ4n) is 3.91. The van der Waals surface area contributed by atoms with Gasteiger partial charge < -0.3 is 5.11 Å². The molecule has 4 rings (SSSR count). The quantitative estimate of drug-likeness (QED) is 0.739. The van der Waals surface area contributed by atoms with E-state index in [4.69, 9.17) is 4.98 Å². The molecule has 2 unspecified atom stereocenters. The topological polar surface area (TPSA) is 53.4 Å². The van der Waals surface area contributed by atoms with Gasteiger partial charge in [-0.05, 0) is 60.8 Å². The van der Waals surface area contributed by atoms with Crippen LogP contribution in [0.1, 0.15) is 35.8 Å². The van der Waals surface area contributed by atoms with Gasteiger partial charge in [-0.2, -0.15) is 0 Å². The van der Waals surface area contributed by atoms with Crippen LogP contribution in [0.4, 0.5) is 0 Å². The number of hydrogen-bond donors (Lipinski definition) is 1. The number of carboxylic acids is 1. The molecule has 0 saturated carbocycles. The summed E-state index contributed by atoms with van der Waals surface area (Å²) < 4.78 is 1.26. The maximum absolute atomic E-state index is 11.6. The second-order valence-electron chi connectivity index (χ2n) is 6.97. The fraction of sp³-hybridized carbons (Fsp3) is 0.333. The third kappa shape index (κ3) is 3.24. The van der Waals surface area contributed by atoms with Gasteiger partial charge >= 0.3 is 5.97 Å². The summed E-state index contributed by atoms with van der Waals surface area (Å²) in [5.74, 6) is -0.998. The minimum absolute atomic E-state index is 0.00630. The van der Waals surface area contributed by atoms with Crippen LogP contribution in [-0.2, 0) is 4.79 Å². The highest BCUT2D eigenvalue weighted by molar-refractivity contribution is 7.17. The third-order valence-corrected chi connectivity index (χ3v) is 6.14. The number of thiophene rings is 1. The lowest BCUT2D eigenvalue weighted by molar-refractivity contribution is -0.143. The summed E-state index contributed by atoms with van der Waals surface area (Å²) >= 11 is 1.74. The molecule has 3 heterocycles. The normalized spacial score (nSPS) is 19.5. The molecule has 1 fully saturated rings. The van der Waals surface area contributed by atoms with E-state index in [9.17, 15) is 9.90 Å². The number of carboxylic acid groups (broad SMARTS) is 1. The zero-order chi connectivity index (χ0) is 18.1. The van der Waals surface area contributed by atoms with Gasteiger partial charge in [0.1, 0.15) is 0 Å². The summed E-state index contributed by atoms with van der Waals surface area (Å²) in [5, 5.41) is 13.0. The summed E-state index contributed by atoms with van der Waals surface area (Å²) in [6.07, 6.45) is 1.66. The Hall–Kier alpha value is -2.24. The van der Waals surface area contributed by atoms with Gasteiger partial charge in [0.2, 0.25) is 0 Å². The van der Waals surface area contributed by atoms with Crippen molar-refractivity contribution in [2.24, 2.45) is 5.92 Å². The molecular weight excluding hydrogens is 344 g/mol. The van der Waals surface area contributed by atoms with Crippen LogP contribution in [0.2, 0.25) is 0 Å². The standard InChI is InChI=1S/C21H22N2O2S/c1-14-6-4-9-18(22-14)20(23-11-5-7-15(12-23)21(24)25)17-13-26-19-10-3-2-8-16(17)19/h2-4,6,8-10,13,15,20H,5,7,11-12H2,1H3,(H,24,25). The number of aryl methyl sites for hydroxylation is 1. The van der Waals surface area contributed by atoms with E-state index in [2.05, 4.69) is 40.6 Å². The average Bonchev–Trinajstić information content (AvgIpc) is 3.06. The molecule has 3 aromatic rings. The van der Waals surface area contributed by atoms with E-state index in [-0.39, 0.29) is 12.0 Å². The van der Waals surface area contributed by atoms with Gasteiger partial charge in [-0.1, -0.05) is 24.3 Å². The van der Waals surface area contributed by atoms with Gasteiger partial charge in [0.05, 0.1) is 17.7 Å². The summed E-state index contributed by atoms with van der Waals surface area (Å²) in [6.45, 7) is 3.47. The van der Waals surface area contributed by atoms with Crippen LogP contribution in [0.15, 0.2) is 47.8 Å². The smallest absolute Gasteiger partial charge is 0.307 e. The maximum atomic E-state index is 11.6. The third-order valence-electron chi connectivity index (χ3n) is 5.16. The predicted octanol–water partition coefficient (Wildman–Crippen LogP) is 4.49. The molecular formula is C21H22N2O2S. The SMILES string of the molecule is Cc1cccc(C(c2csc3ccccc23)N2CCCC(C(=O)O)C2)n1. The molecule has 26 heavy (non-hydrogen) atoms. The van der Waals surface area contributed by atoms with E-state index < -0.39 is 5.97 Å². The number of aliphatic carboxylic acids is 1. The van der Waals surface area contributed by atoms with Crippen LogP contribution >= 0.6 is 11.3 Å². The Morgan fingerprint density at radius 1 is 1.27 bits per heavy atom. The summed E-state index contributed by atoms with van der Waals surface area (Å²) in [7, 11) is 0. The van der Waals surface area contributed by atoms with Crippen LogP contribution in [0, 0.1) is 12.8 Å². The molecule has 134 valence electrons. The minimum atomic E-state index is -0.694. The van der Waals surface area contributed by atoms with Crippen LogP contribution in [0.25, 0.3) is 10.1 Å². The molecule has 0 spiro atoms. The van der Waals surface area contributed by atoms with Gasteiger partial charge in [-0.3, -0.25) is 14.7 Å². The number of piperidine rings is 1. The Bertz CT molecular complexity index is 936. The molecule has 0 amide bonds. The number of aromatic nitrogens is 1. The number of rotatable bonds is 4. The lowest BCUT2D eigenvalue weighted by atomic mass is 9.93. The Morgan fingerprint density at radius 2 is 2.12 bits per heavy atom. The van der Waals surface area contributed by atoms with E-state index in [1.165, 1.54) is 15.6 Å². The number of nitrogens with zero attached hydrogens (tertiary/aromatic N) is 2. The Labute approximate surface area is 157 Å². The molecule has 2 atom stereocenters. The van der Waals surface area contributed by atoms with Crippen LogP contribution in [-0.4, -0.2) is 34.0 Å². The highest BCUT2D eigenvalue weighted by Crippen LogP contribution is 2.38. The molecule has 1 aromatic carbocycles. The van der Waals surface area contributed by atoms with E-state index in [0.717, 1.165) is 30.8 Å². The molecule has 0 aliphatic carbocycles. The van der Waals surface area contributed by atoms with E-state index in [0.29, 0.717) is 6.54 Å². The summed E-state index contributed by atoms with van der Waals surface area (Å²) in [5.41, 5.74) is 3.22. The van der Waals surface area contributed by atoms with Crippen LogP contribution < -0.4 is 0 Å². The maximum Gasteiger partial charge on any atom is 0.307 e. The first-order chi connectivity index (χ1) is 12.6. The van der Waals surface area contributed by atoms with Crippen molar-refractivity contribution < 1.29 is 9.90 Å². The highest BCUT2D eigenvalue weighted by Gasteiger charge is 2.33. The Balaban J connectivity index is 1.81. The number of carbonyl (C=O) groups is 1. The second-order valence-corrected chi connectivity index (χ2v) is 7.88. The van der Waals surface area contributed by atoms with Crippen LogP contribution in [0.5, 0.6) is 0 Å². The average molecular weight is 366 g/mol. The molecule has 4 nitrogen and oxygen atoms in total. The first-order valence-corrected chi connectivity index (χ1v) is 9.88. The van der Waals surface area contributed by atoms with Crippen molar-refractivity contribution in [2.45, 2.75) is 25.8 Å². The summed E-state index contributed by atoms with van der Waals surface area (Å²) in [6, 6.07) is 14.5. The van der Waals surface area contributed by atoms with Crippen molar-refractivity contribution in [3.8, 4) is 0 Å². The number of likely N-dealkylation sites (tertiary alicyclic amines) is 1. The van der Waals surface area contributed by atoms with Crippen LogP contribution in [0.3, 0.4) is 0 Å². The summed E-state index contributed by atoms with van der Waals surface area (Å²) in [4.78, 5) is 18.7. The predicted molar refractivity (Wildman–Crippen MR) is 105 cm³/mol. The first kappa shape index (κ1) is 17.2. The molecule has 2 aromatic heterocycles. The van der Waals surface area contributed by atoms with Gasteiger partial charge in [0, 0.05) is 16.9 Å². The van der Waals surface area contributed by atoms with Crippen molar-refractivity contribution in [1.29, 1.82) is 0 Å². The monoisotopic (exact) mass is 366 g/mol. The van der Waals surface area contributed by atoms with E-state index >= 15 is 0 Å². The minimum Gasteiger partial charge on any atom is -0.481 e. The lowest BCUT2D eigenvalue weighted by Gasteiger charge is -2.37. The number of hydrogen-bond acceptors (Lipinski definition) is 4. The molecule has 1 N–H and O–H groups in total. The number of pyridine rings is 1. The molecule has 1 aliphatic heterocycles. The second kappa shape index (κ2) is 7.17. The van der Waals surface area contributed by atoms with Crippen molar-refractivity contribution >= 4 is 27.4 Å². The van der Waals surface area contributed by atoms with Gasteiger partial charge in [-0.25, -0.2) is 0 Å². The van der Waals surface area contributed by atoms with Gasteiger partial charge in [0.25, 0.3) is 0 Å². The molecule has 0 bridgehead atoms. The highest BCUT2D eigenvalue weighted by atomic mass is 32.1. The largest absolute Gasteiger partial charge is 0.481 e. The zero-order valence-electron chi connectivity index (χ0n) is 14.8. The number of fused-ring (bicyclic) bond motifs is 1.